The standard InChI is InChI=1S/C14H22ClN/c1-9(5-12(4)16)6-13-7-10(2)11(3)8-14(13)15/h7-9,12H,5-6,16H2,1-4H3. The molecule has 0 aliphatic rings. The van der Waals surface area contributed by atoms with E-state index in [9.17, 15) is 0 Å². The molecule has 0 fully saturated rings. The van der Waals surface area contributed by atoms with Crippen LogP contribution in [0.25, 0.3) is 0 Å². The van der Waals surface area contributed by atoms with Gasteiger partial charge in [0.05, 0.1) is 0 Å². The van der Waals surface area contributed by atoms with Gasteiger partial charge in [0.1, 0.15) is 0 Å². The summed E-state index contributed by atoms with van der Waals surface area (Å²) < 4.78 is 0. The number of rotatable bonds is 4. The lowest BCUT2D eigenvalue weighted by molar-refractivity contribution is 0.480. The number of hydrogen-bond acceptors (Lipinski definition) is 1. The maximum absolute atomic E-state index is 6.25. The van der Waals surface area contributed by atoms with Crippen molar-refractivity contribution in [1.82, 2.24) is 0 Å². The Morgan fingerprint density at radius 3 is 2.31 bits per heavy atom. The monoisotopic (exact) mass is 239 g/mol. The third-order valence-corrected chi connectivity index (χ3v) is 3.36. The smallest absolute Gasteiger partial charge is 0.0440 e. The fourth-order valence-electron chi connectivity index (χ4n) is 2.09. The second kappa shape index (κ2) is 5.70. The Hall–Kier alpha value is -0.530. The van der Waals surface area contributed by atoms with Crippen LogP contribution in [-0.2, 0) is 6.42 Å². The molecule has 0 heterocycles. The Morgan fingerprint density at radius 1 is 1.19 bits per heavy atom. The van der Waals surface area contributed by atoms with Gasteiger partial charge in [-0.3, -0.25) is 0 Å². The van der Waals surface area contributed by atoms with Crippen molar-refractivity contribution in [3.63, 3.8) is 0 Å². The maximum Gasteiger partial charge on any atom is 0.0440 e. The Labute approximate surface area is 104 Å². The Balaban J connectivity index is 2.77. The van der Waals surface area contributed by atoms with E-state index in [1.165, 1.54) is 16.7 Å². The van der Waals surface area contributed by atoms with E-state index in [-0.39, 0.29) is 6.04 Å². The van der Waals surface area contributed by atoms with Crippen LogP contribution in [0.15, 0.2) is 12.1 Å². The molecule has 2 atom stereocenters. The third-order valence-electron chi connectivity index (χ3n) is 3.01. The van der Waals surface area contributed by atoms with Gasteiger partial charge in [-0.05, 0) is 62.3 Å². The van der Waals surface area contributed by atoms with Crippen molar-refractivity contribution in [3.05, 3.63) is 33.8 Å². The van der Waals surface area contributed by atoms with E-state index >= 15 is 0 Å². The number of hydrogen-bond donors (Lipinski definition) is 1. The van der Waals surface area contributed by atoms with Crippen LogP contribution in [0.4, 0.5) is 0 Å². The molecule has 0 saturated heterocycles. The summed E-state index contributed by atoms with van der Waals surface area (Å²) in [5.74, 6) is 0.583. The van der Waals surface area contributed by atoms with Crippen LogP contribution in [0.3, 0.4) is 0 Å². The topological polar surface area (TPSA) is 26.0 Å². The first-order valence-electron chi connectivity index (χ1n) is 5.91. The predicted molar refractivity (Wildman–Crippen MR) is 72.1 cm³/mol. The molecule has 0 amide bonds. The van der Waals surface area contributed by atoms with Crippen molar-refractivity contribution in [3.8, 4) is 0 Å². The first-order chi connectivity index (χ1) is 7.40. The van der Waals surface area contributed by atoms with Crippen LogP contribution < -0.4 is 5.73 Å². The van der Waals surface area contributed by atoms with Gasteiger partial charge < -0.3 is 5.73 Å². The highest BCUT2D eigenvalue weighted by atomic mass is 35.5. The molecule has 16 heavy (non-hydrogen) atoms. The van der Waals surface area contributed by atoms with E-state index in [1.807, 2.05) is 0 Å². The van der Waals surface area contributed by atoms with E-state index in [2.05, 4.69) is 39.8 Å². The van der Waals surface area contributed by atoms with E-state index < -0.39 is 0 Å². The largest absolute Gasteiger partial charge is 0.328 e. The summed E-state index contributed by atoms with van der Waals surface area (Å²) in [5.41, 5.74) is 9.62. The summed E-state index contributed by atoms with van der Waals surface area (Å²) in [4.78, 5) is 0. The fourth-order valence-corrected chi connectivity index (χ4v) is 2.39. The minimum Gasteiger partial charge on any atom is -0.328 e. The van der Waals surface area contributed by atoms with Crippen LogP contribution in [0.1, 0.15) is 37.0 Å². The van der Waals surface area contributed by atoms with E-state index in [0.29, 0.717) is 5.92 Å². The minimum absolute atomic E-state index is 0.264. The first-order valence-corrected chi connectivity index (χ1v) is 6.29. The molecule has 1 rings (SSSR count). The predicted octanol–water partition coefficient (Wildman–Crippen LogP) is 3.87. The zero-order valence-electron chi connectivity index (χ0n) is 10.7. The SMILES string of the molecule is Cc1cc(Cl)c(CC(C)CC(C)N)cc1C. The Bertz CT molecular complexity index is 358. The van der Waals surface area contributed by atoms with Crippen molar-refractivity contribution < 1.29 is 0 Å². The zero-order valence-corrected chi connectivity index (χ0v) is 11.4. The highest BCUT2D eigenvalue weighted by Crippen LogP contribution is 2.24. The molecule has 0 aliphatic heterocycles. The Kier molecular flexibility index (Phi) is 4.82. The van der Waals surface area contributed by atoms with Gasteiger partial charge in [0.15, 0.2) is 0 Å². The molecular formula is C14H22ClN. The van der Waals surface area contributed by atoms with Crippen molar-refractivity contribution in [2.45, 2.75) is 46.6 Å². The van der Waals surface area contributed by atoms with Crippen LogP contribution in [0.2, 0.25) is 5.02 Å². The number of halogens is 1. The van der Waals surface area contributed by atoms with E-state index in [4.69, 9.17) is 17.3 Å². The molecule has 2 N–H and O–H groups in total. The summed E-state index contributed by atoms with van der Waals surface area (Å²) in [7, 11) is 0. The molecule has 0 saturated carbocycles. The molecule has 0 spiro atoms. The normalized spacial score (nSPS) is 14.9. The molecule has 1 nitrogen and oxygen atoms in total. The van der Waals surface area contributed by atoms with Gasteiger partial charge >= 0.3 is 0 Å². The molecular weight excluding hydrogens is 218 g/mol. The summed E-state index contributed by atoms with van der Waals surface area (Å²) in [6.07, 6.45) is 2.06. The maximum atomic E-state index is 6.25. The fraction of sp³-hybridized carbons (Fsp3) is 0.571. The number of benzene rings is 1. The third kappa shape index (κ3) is 3.80. The molecule has 0 bridgehead atoms. The molecule has 90 valence electrons. The van der Waals surface area contributed by atoms with Gasteiger partial charge in [0, 0.05) is 11.1 Å². The number of nitrogens with two attached hydrogens (primary N) is 1. The average molecular weight is 240 g/mol. The molecule has 1 aromatic rings. The minimum atomic E-state index is 0.264. The van der Waals surface area contributed by atoms with Crippen molar-refractivity contribution in [2.75, 3.05) is 0 Å². The van der Waals surface area contributed by atoms with Gasteiger partial charge in [0.2, 0.25) is 0 Å². The molecule has 0 radical (unpaired) electrons. The van der Waals surface area contributed by atoms with E-state index in [1.54, 1.807) is 0 Å². The molecule has 0 aliphatic carbocycles. The summed E-state index contributed by atoms with van der Waals surface area (Å²) in [6, 6.07) is 4.53. The van der Waals surface area contributed by atoms with Crippen molar-refractivity contribution >= 4 is 11.6 Å². The highest BCUT2D eigenvalue weighted by Gasteiger charge is 2.10. The summed E-state index contributed by atoms with van der Waals surface area (Å²) >= 11 is 6.25. The molecule has 1 aromatic carbocycles. The quantitative estimate of drug-likeness (QED) is 0.848. The second-order valence-corrected chi connectivity index (χ2v) is 5.46. The van der Waals surface area contributed by atoms with Crippen LogP contribution in [0, 0.1) is 19.8 Å². The Morgan fingerprint density at radius 2 is 1.75 bits per heavy atom. The first kappa shape index (κ1) is 13.5. The van der Waals surface area contributed by atoms with Crippen molar-refractivity contribution in [2.24, 2.45) is 11.7 Å². The van der Waals surface area contributed by atoms with Gasteiger partial charge in [0.25, 0.3) is 0 Å². The van der Waals surface area contributed by atoms with Gasteiger partial charge in [-0.2, -0.15) is 0 Å². The lowest BCUT2D eigenvalue weighted by atomic mass is 9.93. The van der Waals surface area contributed by atoms with Crippen LogP contribution in [0.5, 0.6) is 0 Å². The van der Waals surface area contributed by atoms with Crippen LogP contribution >= 0.6 is 11.6 Å². The molecule has 2 heteroatoms. The summed E-state index contributed by atoms with van der Waals surface area (Å²) in [5, 5.41) is 0.889. The van der Waals surface area contributed by atoms with Gasteiger partial charge in [-0.1, -0.05) is 24.6 Å². The van der Waals surface area contributed by atoms with E-state index in [0.717, 1.165) is 17.9 Å². The molecule has 2 unspecified atom stereocenters. The zero-order chi connectivity index (χ0) is 12.3. The molecule has 0 aromatic heterocycles. The lowest BCUT2D eigenvalue weighted by Gasteiger charge is -2.16. The van der Waals surface area contributed by atoms with Crippen LogP contribution in [-0.4, -0.2) is 6.04 Å². The lowest BCUT2D eigenvalue weighted by Crippen LogP contribution is -2.19. The second-order valence-electron chi connectivity index (χ2n) is 5.05. The highest BCUT2D eigenvalue weighted by molar-refractivity contribution is 6.31. The average Bonchev–Trinajstić information content (AvgIpc) is 2.12. The van der Waals surface area contributed by atoms with Gasteiger partial charge in [-0.15, -0.1) is 0 Å². The van der Waals surface area contributed by atoms with Crippen molar-refractivity contribution in [1.29, 1.82) is 0 Å². The summed E-state index contributed by atoms with van der Waals surface area (Å²) in [6.45, 7) is 8.51. The number of aryl methyl sites for hydroxylation is 2. The van der Waals surface area contributed by atoms with Gasteiger partial charge in [-0.25, -0.2) is 0 Å².